The number of nitrogens with zero attached hydrogens (tertiary/aromatic N) is 4. The molecule has 5 rings (SSSR count). The molecule has 0 aromatic heterocycles. The number of unbranched alkanes of at least 4 members (excludes halogenated alkanes) is 3. The summed E-state index contributed by atoms with van der Waals surface area (Å²) in [6.07, 6.45) is 7.31. The molecule has 2 aromatic rings. The number of methoxy groups -OCH3 is 3. The summed E-state index contributed by atoms with van der Waals surface area (Å²) < 4.78 is 22.9. The van der Waals surface area contributed by atoms with Crippen molar-refractivity contribution in [3.63, 3.8) is 0 Å². The van der Waals surface area contributed by atoms with E-state index < -0.39 is 65.7 Å². The molecular weight excluding hydrogens is 925 g/mol. The van der Waals surface area contributed by atoms with E-state index in [9.17, 15) is 39.2 Å². The van der Waals surface area contributed by atoms with Crippen LogP contribution in [0.25, 0.3) is 0 Å². The minimum Gasteiger partial charge on any atom is -0.493 e. The second kappa shape index (κ2) is 27.8. The van der Waals surface area contributed by atoms with Crippen molar-refractivity contribution in [3.05, 3.63) is 69.8 Å². The number of fused-ring (bicyclic) bond motifs is 2. The fraction of sp³-hybridized carbons (Fsp3) is 0.685. The van der Waals surface area contributed by atoms with Crippen LogP contribution < -0.4 is 15.4 Å². The quantitative estimate of drug-likeness (QED) is 0.0378. The third kappa shape index (κ3) is 14.5. The maximum Gasteiger partial charge on any atom is 0.328 e. The summed E-state index contributed by atoms with van der Waals surface area (Å²) in [6.45, 7) is 10.9. The molecule has 2 bridgehead atoms. The lowest BCUT2D eigenvalue weighted by atomic mass is 9.89. The van der Waals surface area contributed by atoms with E-state index in [-0.39, 0.29) is 65.6 Å². The van der Waals surface area contributed by atoms with Crippen LogP contribution >= 0.6 is 0 Å². The molecule has 1 saturated carbocycles. The van der Waals surface area contributed by atoms with Crippen molar-refractivity contribution in [1.82, 2.24) is 25.3 Å². The van der Waals surface area contributed by atoms with Crippen molar-refractivity contribution in [2.24, 2.45) is 23.7 Å². The van der Waals surface area contributed by atoms with Gasteiger partial charge in [0.1, 0.15) is 17.8 Å². The molecular formula is C54H82N6O12. The lowest BCUT2D eigenvalue weighted by Gasteiger charge is -2.41. The van der Waals surface area contributed by atoms with Gasteiger partial charge in [-0.15, -0.1) is 0 Å². The summed E-state index contributed by atoms with van der Waals surface area (Å²) in [6, 6.07) is 11.2. The molecule has 11 atom stereocenters. The van der Waals surface area contributed by atoms with Crippen molar-refractivity contribution in [2.75, 3.05) is 48.1 Å². The molecule has 72 heavy (non-hydrogen) atoms. The highest BCUT2D eigenvalue weighted by Gasteiger charge is 2.50. The molecule has 2 heterocycles. The monoisotopic (exact) mass is 1010 g/mol. The Labute approximate surface area is 426 Å². The maximum absolute atomic E-state index is 14.7. The highest BCUT2D eigenvalue weighted by molar-refractivity contribution is 5.91. The third-order valence-electron chi connectivity index (χ3n) is 15.6. The average Bonchev–Trinajstić information content (AvgIpc) is 4.15. The van der Waals surface area contributed by atoms with E-state index in [0.717, 1.165) is 57.1 Å². The van der Waals surface area contributed by atoms with E-state index in [4.69, 9.17) is 18.9 Å². The van der Waals surface area contributed by atoms with Gasteiger partial charge in [-0.2, -0.15) is 0 Å². The first kappa shape index (κ1) is 57.7. The number of nitrogens with one attached hydrogen (secondary N) is 2. The number of likely N-dealkylation sites (N-methyl/N-ethyl adjacent to an activating group) is 1. The topological polar surface area (TPSA) is 219 Å². The average molecular weight is 1010 g/mol. The van der Waals surface area contributed by atoms with Crippen molar-refractivity contribution in [3.8, 4) is 5.75 Å². The fourth-order valence-corrected chi connectivity index (χ4v) is 11.4. The van der Waals surface area contributed by atoms with Crippen LogP contribution in [0.1, 0.15) is 116 Å². The first-order chi connectivity index (χ1) is 34.5. The predicted octanol–water partition coefficient (Wildman–Crippen LogP) is 5.84. The zero-order chi connectivity index (χ0) is 52.6. The summed E-state index contributed by atoms with van der Waals surface area (Å²) >= 11 is 0. The Morgan fingerprint density at radius 3 is 2.29 bits per heavy atom. The van der Waals surface area contributed by atoms with E-state index in [1.54, 1.807) is 36.9 Å². The number of ether oxygens (including phenoxy) is 4. The lowest BCUT2D eigenvalue weighted by Crippen LogP contribution is -2.60. The number of carbonyl (C=O) groups is 5. The van der Waals surface area contributed by atoms with Crippen LogP contribution in [0.4, 0.5) is 5.69 Å². The largest absolute Gasteiger partial charge is 0.493 e. The number of piperidine rings is 1. The van der Waals surface area contributed by atoms with Gasteiger partial charge in [-0.25, -0.2) is 4.79 Å². The van der Waals surface area contributed by atoms with E-state index >= 15 is 0 Å². The zero-order valence-corrected chi connectivity index (χ0v) is 44.1. The summed E-state index contributed by atoms with van der Waals surface area (Å²) in [5, 5.41) is 26.9. The second-order valence-electron chi connectivity index (χ2n) is 20.5. The Balaban J connectivity index is 1.19. The highest BCUT2D eigenvalue weighted by Crippen LogP contribution is 2.43. The molecule has 3 fully saturated rings. The summed E-state index contributed by atoms with van der Waals surface area (Å²) in [5.41, 5.74) is 0.934. The molecule has 0 radical (unpaired) electrons. The first-order valence-corrected chi connectivity index (χ1v) is 26.1. The number of aliphatic hydroxyl groups is 1. The number of nitro benzene ring substituents is 1. The van der Waals surface area contributed by atoms with Gasteiger partial charge in [-0.1, -0.05) is 84.2 Å². The molecule has 2 unspecified atom stereocenters. The van der Waals surface area contributed by atoms with Crippen LogP contribution in [0.2, 0.25) is 0 Å². The van der Waals surface area contributed by atoms with Gasteiger partial charge in [0.15, 0.2) is 0 Å². The standard InChI is InChI=1S/C54H82N6O12/c1-10-35(4)48(45(69-7)32-46(62)59-27-18-21-43(59)50(70-8)36(5)51(63)55-42(54(66)71-9)29-37-19-14-13-15-20-37)57(6)53(65)47(34(2)3)56-52(64)49-38-22-24-40(30-38)58(49)26-16-11-12-17-28-72-41-25-23-39(33-61)44(31-41)60(67)68/h13-15,19-20,23,25,31,34-36,38,40,42-43,45,47-50,61H,10-12,16-18,21-22,24,26-30,32-33H2,1-9H3,(H,55,63)(H,56,64)/t35-,36+,38?,40-,42-,43-,45+,47-,48-,49?,50+/m0/s1. The molecule has 1 aliphatic carbocycles. The Hall–Kier alpha value is -5.17. The van der Waals surface area contributed by atoms with E-state index in [1.807, 2.05) is 58.0 Å². The normalized spacial score (nSPS) is 21.6. The van der Waals surface area contributed by atoms with Crippen molar-refractivity contribution in [2.45, 2.75) is 167 Å². The van der Waals surface area contributed by atoms with Gasteiger partial charge in [-0.3, -0.25) is 34.2 Å². The Morgan fingerprint density at radius 2 is 1.65 bits per heavy atom. The molecule has 3 aliphatic rings. The van der Waals surface area contributed by atoms with Gasteiger partial charge < -0.3 is 44.5 Å². The third-order valence-corrected chi connectivity index (χ3v) is 15.6. The smallest absolute Gasteiger partial charge is 0.328 e. The van der Waals surface area contributed by atoms with Gasteiger partial charge >= 0.3 is 5.97 Å². The number of esters is 1. The number of hydrogen-bond acceptors (Lipinski definition) is 13. The van der Waals surface area contributed by atoms with Crippen LogP contribution in [-0.2, 0) is 51.2 Å². The molecule has 2 aromatic carbocycles. The highest BCUT2D eigenvalue weighted by atomic mass is 16.6. The number of rotatable bonds is 29. The SMILES string of the molecule is CC[C@H](C)[C@@H]([C@@H](CC(=O)N1CCC[C@H]1[C@H](OC)[C@@H](C)C(=O)N[C@@H](Cc1ccccc1)C(=O)OC)OC)N(C)C(=O)[C@@H](NC(=O)C1C2CC[C@@H](C2)N1CCCCCCOc1ccc(CO)c([N+](=O)[O-])c1)C(C)C. The van der Waals surface area contributed by atoms with Gasteiger partial charge in [0.05, 0.1) is 79.5 Å². The van der Waals surface area contributed by atoms with Gasteiger partial charge in [0.2, 0.25) is 23.6 Å². The van der Waals surface area contributed by atoms with E-state index in [0.29, 0.717) is 44.2 Å². The van der Waals surface area contributed by atoms with Crippen LogP contribution in [0, 0.1) is 33.8 Å². The number of nitro groups is 1. The summed E-state index contributed by atoms with van der Waals surface area (Å²) in [7, 11) is 6.10. The minimum atomic E-state index is -0.912. The first-order valence-electron chi connectivity index (χ1n) is 26.1. The Morgan fingerprint density at radius 1 is 0.931 bits per heavy atom. The minimum absolute atomic E-state index is 0.0199. The number of benzene rings is 2. The maximum atomic E-state index is 14.7. The number of carbonyl (C=O) groups excluding carboxylic acids is 5. The molecule has 400 valence electrons. The van der Waals surface area contributed by atoms with Crippen molar-refractivity contribution in [1.29, 1.82) is 0 Å². The molecule has 3 N–H and O–H groups in total. The van der Waals surface area contributed by atoms with Crippen molar-refractivity contribution >= 4 is 35.3 Å². The second-order valence-corrected chi connectivity index (χ2v) is 20.5. The molecule has 18 heteroatoms. The summed E-state index contributed by atoms with van der Waals surface area (Å²) in [4.78, 5) is 86.8. The van der Waals surface area contributed by atoms with Crippen LogP contribution in [0.5, 0.6) is 5.75 Å². The molecule has 4 amide bonds. The summed E-state index contributed by atoms with van der Waals surface area (Å²) in [5.74, 6) is -1.94. The van der Waals surface area contributed by atoms with Crippen LogP contribution in [0.15, 0.2) is 48.5 Å². The Bertz CT molecular complexity index is 2110. The molecule has 0 spiro atoms. The van der Waals surface area contributed by atoms with E-state index in [2.05, 4.69) is 15.5 Å². The van der Waals surface area contributed by atoms with Crippen molar-refractivity contribution < 1.29 is 52.9 Å². The van der Waals surface area contributed by atoms with Crippen LogP contribution in [-0.4, -0.2) is 151 Å². The van der Waals surface area contributed by atoms with E-state index in [1.165, 1.54) is 26.4 Å². The molecule has 2 saturated heterocycles. The zero-order valence-electron chi connectivity index (χ0n) is 44.1. The Kier molecular flexibility index (Phi) is 22.3. The van der Waals surface area contributed by atoms with Gasteiger partial charge in [0, 0.05) is 40.3 Å². The molecule has 2 aliphatic heterocycles. The predicted molar refractivity (Wildman–Crippen MR) is 272 cm³/mol. The number of hydrogen-bond donors (Lipinski definition) is 3. The fourth-order valence-electron chi connectivity index (χ4n) is 11.4. The molecule has 18 nitrogen and oxygen atoms in total. The number of likely N-dealkylation sites (tertiary alicyclic amines) is 2. The number of aliphatic hydroxyl groups excluding tert-OH is 1. The lowest BCUT2D eigenvalue weighted by molar-refractivity contribution is -0.385. The van der Waals surface area contributed by atoms with Gasteiger partial charge in [-0.05, 0) is 86.9 Å². The van der Waals surface area contributed by atoms with Crippen LogP contribution in [0.3, 0.4) is 0 Å². The number of amides is 4. The van der Waals surface area contributed by atoms with Gasteiger partial charge in [0.25, 0.3) is 5.69 Å².